The molecule has 0 radical (unpaired) electrons. The first-order valence-corrected chi connectivity index (χ1v) is 12.5. The molecule has 0 unspecified atom stereocenters. The molecular formula is C25H39N3O4S. The normalized spacial score (nSPS) is 20.7. The largest absolute Gasteiger partial charge is 0.493 e. The molecule has 33 heavy (non-hydrogen) atoms. The van der Waals surface area contributed by atoms with Crippen LogP contribution in [0, 0.1) is 5.92 Å². The van der Waals surface area contributed by atoms with Crippen molar-refractivity contribution in [2.45, 2.75) is 76.9 Å². The monoisotopic (exact) mass is 477 g/mol. The highest BCUT2D eigenvalue weighted by atomic mass is 32.1. The Morgan fingerprint density at radius 1 is 1.00 bits per heavy atom. The van der Waals surface area contributed by atoms with Crippen LogP contribution in [0.3, 0.4) is 0 Å². The molecule has 1 aromatic carbocycles. The highest BCUT2D eigenvalue weighted by Gasteiger charge is 2.27. The van der Waals surface area contributed by atoms with E-state index in [0.29, 0.717) is 40.9 Å². The molecule has 2 N–H and O–H groups in total. The maximum Gasteiger partial charge on any atom is 0.239 e. The van der Waals surface area contributed by atoms with Gasteiger partial charge >= 0.3 is 0 Å². The molecule has 1 amide bonds. The van der Waals surface area contributed by atoms with Crippen LogP contribution in [0.25, 0.3) is 0 Å². The number of methoxy groups -OCH3 is 3. The molecule has 0 aromatic heterocycles. The van der Waals surface area contributed by atoms with Crippen LogP contribution in [-0.4, -0.2) is 55.9 Å². The number of carbonyl (C=O) groups is 1. The number of rotatable bonds is 9. The number of benzene rings is 1. The van der Waals surface area contributed by atoms with Crippen LogP contribution in [0.2, 0.25) is 0 Å². The van der Waals surface area contributed by atoms with Gasteiger partial charge in [0.25, 0.3) is 0 Å². The molecule has 0 heterocycles. The second-order valence-corrected chi connectivity index (χ2v) is 9.58. The number of carbonyl (C=O) groups excluding carboxylic acids is 1. The van der Waals surface area contributed by atoms with E-state index in [1.807, 2.05) is 12.1 Å². The fraction of sp³-hybridized carbons (Fsp3) is 0.680. The Balaban J connectivity index is 1.67. The molecule has 0 spiro atoms. The summed E-state index contributed by atoms with van der Waals surface area (Å²) in [5.41, 5.74) is 1.01. The third-order valence-corrected chi connectivity index (χ3v) is 7.34. The van der Waals surface area contributed by atoms with Crippen molar-refractivity contribution in [1.82, 2.24) is 15.5 Å². The van der Waals surface area contributed by atoms with Crippen LogP contribution >= 0.6 is 12.2 Å². The van der Waals surface area contributed by atoms with Crippen LogP contribution in [0.1, 0.15) is 63.9 Å². The fourth-order valence-electron chi connectivity index (χ4n) is 5.05. The molecular weight excluding hydrogens is 438 g/mol. The lowest BCUT2D eigenvalue weighted by molar-refractivity contribution is -0.121. The van der Waals surface area contributed by atoms with E-state index in [0.717, 1.165) is 24.8 Å². The van der Waals surface area contributed by atoms with Crippen molar-refractivity contribution in [3.8, 4) is 17.2 Å². The topological polar surface area (TPSA) is 72.1 Å². The van der Waals surface area contributed by atoms with Crippen molar-refractivity contribution >= 4 is 23.2 Å². The molecule has 8 heteroatoms. The first kappa shape index (κ1) is 25.4. The highest BCUT2D eigenvalue weighted by Crippen LogP contribution is 2.39. The Hall–Kier alpha value is -2.22. The van der Waals surface area contributed by atoms with Gasteiger partial charge in [0.05, 0.1) is 27.9 Å². The Labute approximate surface area is 203 Å². The molecule has 184 valence electrons. The number of hydrogen-bond acceptors (Lipinski definition) is 5. The Morgan fingerprint density at radius 3 is 2.18 bits per heavy atom. The zero-order chi connectivity index (χ0) is 23.8. The number of hydrogen-bond donors (Lipinski definition) is 2. The zero-order valence-electron chi connectivity index (χ0n) is 20.4. The zero-order valence-corrected chi connectivity index (χ0v) is 21.3. The van der Waals surface area contributed by atoms with Crippen LogP contribution in [0.4, 0.5) is 0 Å². The molecule has 0 saturated heterocycles. The summed E-state index contributed by atoms with van der Waals surface area (Å²) in [6, 6.07) is 4.55. The van der Waals surface area contributed by atoms with Gasteiger partial charge in [0.15, 0.2) is 16.6 Å². The minimum Gasteiger partial charge on any atom is -0.493 e. The minimum absolute atomic E-state index is 0.00950. The summed E-state index contributed by atoms with van der Waals surface area (Å²) in [5.74, 6) is 2.36. The maximum absolute atomic E-state index is 12.6. The second-order valence-electron chi connectivity index (χ2n) is 9.19. The first-order valence-electron chi connectivity index (χ1n) is 12.1. The SMILES string of the molecule is COc1cc(CN(C(=S)NCC(=O)N[C@H]2CCCC[C@H]2C)C2CCCC2)cc(OC)c1OC. The first-order chi connectivity index (χ1) is 16.0. The van der Waals surface area contributed by atoms with E-state index in [2.05, 4.69) is 22.5 Å². The molecule has 2 fully saturated rings. The van der Waals surface area contributed by atoms with Crippen molar-refractivity contribution in [1.29, 1.82) is 0 Å². The van der Waals surface area contributed by atoms with E-state index in [1.54, 1.807) is 21.3 Å². The predicted octanol–water partition coefficient (Wildman–Crippen LogP) is 4.03. The van der Waals surface area contributed by atoms with E-state index in [1.165, 1.54) is 32.1 Å². The van der Waals surface area contributed by atoms with Gasteiger partial charge in [-0.15, -0.1) is 0 Å². The Bertz CT molecular complexity index is 788. The third-order valence-electron chi connectivity index (χ3n) is 6.96. The van der Waals surface area contributed by atoms with Crippen molar-refractivity contribution < 1.29 is 19.0 Å². The van der Waals surface area contributed by atoms with E-state index < -0.39 is 0 Å². The number of thiocarbonyl (C=S) groups is 1. The molecule has 2 aliphatic rings. The summed E-state index contributed by atoms with van der Waals surface area (Å²) in [4.78, 5) is 14.8. The number of nitrogens with one attached hydrogen (secondary N) is 2. The molecule has 1 aromatic rings. The molecule has 2 atom stereocenters. The lowest BCUT2D eigenvalue weighted by atomic mass is 9.86. The number of amides is 1. The van der Waals surface area contributed by atoms with Crippen molar-refractivity contribution in [2.24, 2.45) is 5.92 Å². The van der Waals surface area contributed by atoms with Gasteiger partial charge in [-0.1, -0.05) is 32.6 Å². The predicted molar refractivity (Wildman–Crippen MR) is 134 cm³/mol. The summed E-state index contributed by atoms with van der Waals surface area (Å²) < 4.78 is 16.5. The standard InChI is InChI=1S/C25H39N3O4S/c1-17-9-5-8-12-20(17)27-23(29)15-26-25(33)28(19-10-6-7-11-19)16-18-13-21(30-2)24(32-4)22(14-18)31-3/h13-14,17,19-20H,5-12,15-16H2,1-4H3,(H,26,33)(H,27,29)/t17-,20+/m1/s1. The lowest BCUT2D eigenvalue weighted by Gasteiger charge is -2.33. The van der Waals surface area contributed by atoms with Crippen molar-refractivity contribution in [2.75, 3.05) is 27.9 Å². The third kappa shape index (κ3) is 6.65. The molecule has 7 nitrogen and oxygen atoms in total. The smallest absolute Gasteiger partial charge is 0.239 e. The van der Waals surface area contributed by atoms with Gasteiger partial charge in [0, 0.05) is 18.6 Å². The van der Waals surface area contributed by atoms with E-state index in [9.17, 15) is 4.79 Å². The Kier molecular flexibility index (Phi) is 9.47. The number of nitrogens with zero attached hydrogens (tertiary/aromatic N) is 1. The molecule has 3 rings (SSSR count). The molecule has 0 bridgehead atoms. The van der Waals surface area contributed by atoms with E-state index in [4.69, 9.17) is 26.4 Å². The maximum atomic E-state index is 12.6. The fourth-order valence-corrected chi connectivity index (χ4v) is 5.34. The van der Waals surface area contributed by atoms with Crippen LogP contribution in [0.5, 0.6) is 17.2 Å². The van der Waals surface area contributed by atoms with E-state index in [-0.39, 0.29) is 18.5 Å². The highest BCUT2D eigenvalue weighted by molar-refractivity contribution is 7.80. The summed E-state index contributed by atoms with van der Waals surface area (Å²) in [5, 5.41) is 7.03. The Morgan fingerprint density at radius 2 is 1.61 bits per heavy atom. The van der Waals surface area contributed by atoms with Crippen LogP contribution in [0.15, 0.2) is 12.1 Å². The van der Waals surface area contributed by atoms with Crippen molar-refractivity contribution in [3.05, 3.63) is 17.7 Å². The molecule has 2 saturated carbocycles. The van der Waals surface area contributed by atoms with Gasteiger partial charge in [-0.3, -0.25) is 4.79 Å². The minimum atomic E-state index is 0.00950. The van der Waals surface area contributed by atoms with Crippen molar-refractivity contribution in [3.63, 3.8) is 0 Å². The average Bonchev–Trinajstić information content (AvgIpc) is 3.36. The summed E-state index contributed by atoms with van der Waals surface area (Å²) >= 11 is 5.78. The van der Waals surface area contributed by atoms with Gasteiger partial charge in [-0.25, -0.2) is 0 Å². The lowest BCUT2D eigenvalue weighted by Crippen LogP contribution is -2.49. The summed E-state index contributed by atoms with van der Waals surface area (Å²) in [6.07, 6.45) is 9.26. The van der Waals surface area contributed by atoms with Gasteiger partial charge < -0.3 is 29.7 Å². The number of ether oxygens (including phenoxy) is 3. The summed E-state index contributed by atoms with van der Waals surface area (Å²) in [7, 11) is 4.84. The molecule has 2 aliphatic carbocycles. The quantitative estimate of drug-likeness (QED) is 0.521. The summed E-state index contributed by atoms with van der Waals surface area (Å²) in [6.45, 7) is 3.02. The van der Waals surface area contributed by atoms with E-state index >= 15 is 0 Å². The van der Waals surface area contributed by atoms with Crippen LogP contribution < -0.4 is 24.8 Å². The van der Waals surface area contributed by atoms with Gasteiger partial charge in [0.1, 0.15) is 0 Å². The van der Waals surface area contributed by atoms with Gasteiger partial charge in [-0.05, 0) is 61.5 Å². The average molecular weight is 478 g/mol. The van der Waals surface area contributed by atoms with Crippen LogP contribution in [-0.2, 0) is 11.3 Å². The second kappa shape index (κ2) is 12.3. The van der Waals surface area contributed by atoms with Gasteiger partial charge in [0.2, 0.25) is 11.7 Å². The molecule has 0 aliphatic heterocycles. The van der Waals surface area contributed by atoms with Gasteiger partial charge in [-0.2, -0.15) is 0 Å².